The second-order valence-corrected chi connectivity index (χ2v) is 22.8. The minimum absolute atomic E-state index is 0.0506. The average molecular weight is 752 g/mol. The Morgan fingerprint density at radius 2 is 0.923 bits per heavy atom. The predicted octanol–water partition coefficient (Wildman–Crippen LogP) is 13.1. The van der Waals surface area contributed by atoms with E-state index >= 15 is 0 Å². The average Bonchev–Trinajstić information content (AvgIpc) is 3.74. The zero-order valence-corrected chi connectivity index (χ0v) is 33.8. The molecule has 2 aliphatic carbocycles. The van der Waals surface area contributed by atoms with Crippen LogP contribution in [0.3, 0.4) is 0 Å². The van der Waals surface area contributed by atoms with Crippen LogP contribution in [-0.4, -0.2) is 3.21 Å². The van der Waals surface area contributed by atoms with Gasteiger partial charge in [-0.25, -0.2) is 0 Å². The van der Waals surface area contributed by atoms with Gasteiger partial charge in [-0.05, 0) is 0 Å². The number of fused-ring (bicyclic) bond motifs is 3. The van der Waals surface area contributed by atoms with E-state index < -0.39 is 21.3 Å². The first-order valence-electron chi connectivity index (χ1n) is 18.8. The maximum atomic E-state index is 2.65. The summed E-state index contributed by atoms with van der Waals surface area (Å²) in [5.74, 6) is 0. The van der Waals surface area contributed by atoms with E-state index in [0.717, 1.165) is 6.42 Å². The van der Waals surface area contributed by atoms with E-state index in [1.165, 1.54) is 66.8 Å². The Hall–Kier alpha value is -4.45. The van der Waals surface area contributed by atoms with Gasteiger partial charge in [0, 0.05) is 0 Å². The van der Waals surface area contributed by atoms with Gasteiger partial charge in [-0.2, -0.15) is 0 Å². The van der Waals surface area contributed by atoms with Gasteiger partial charge in [0.25, 0.3) is 0 Å². The summed E-state index contributed by atoms with van der Waals surface area (Å²) < 4.78 is 3.57. The number of benzene rings is 6. The molecule has 0 nitrogen and oxygen atoms in total. The van der Waals surface area contributed by atoms with Crippen molar-refractivity contribution in [3.63, 3.8) is 0 Å². The van der Waals surface area contributed by atoms with Crippen molar-refractivity contribution in [2.75, 3.05) is 0 Å². The second kappa shape index (κ2) is 13.8. The summed E-state index contributed by atoms with van der Waals surface area (Å²) in [5, 5.41) is 0. The topological polar surface area (TPSA) is 0 Å². The van der Waals surface area contributed by atoms with Gasteiger partial charge >= 0.3 is 321 Å². The molecule has 256 valence electrons. The van der Waals surface area contributed by atoms with E-state index in [9.17, 15) is 0 Å². The molecule has 0 saturated carbocycles. The van der Waals surface area contributed by atoms with Gasteiger partial charge in [0.1, 0.15) is 0 Å². The fraction of sp³-hybridized carbons (Fsp3) is 0.196. The standard InChI is InChI=1S/C21H25.C17H13.C13H10.Zr/c1-20(2,3)16-7-9-18-14(12-16)11-15-13-17(21(4,5)6)8-10-19(15)18;1-3-8-14(9-4-1)16-12-7-13-17(16)15-10-5-2-6-11-15;1-3-7-12(8-4-1)11-13-9-5-2-6-10-13;/h7-13H,1-6H3;1-6,8-12H,13H2;1-10H;. The molecule has 2 aliphatic rings. The first kappa shape index (κ1) is 34.6. The van der Waals surface area contributed by atoms with Gasteiger partial charge in [0.2, 0.25) is 0 Å². The maximum absolute atomic E-state index is 3.03. The number of hydrogen-bond donors (Lipinski definition) is 0. The van der Waals surface area contributed by atoms with Crippen LogP contribution in [0.5, 0.6) is 0 Å². The van der Waals surface area contributed by atoms with Crippen LogP contribution < -0.4 is 0 Å². The minimum atomic E-state index is -3.03. The van der Waals surface area contributed by atoms with Crippen molar-refractivity contribution >= 4 is 14.4 Å². The van der Waals surface area contributed by atoms with Crippen LogP contribution in [0.25, 0.3) is 22.3 Å². The summed E-state index contributed by atoms with van der Waals surface area (Å²) in [4.78, 5) is 0. The van der Waals surface area contributed by atoms with Crippen molar-refractivity contribution in [3.8, 4) is 11.1 Å². The Balaban J connectivity index is 1.49. The fourth-order valence-corrected chi connectivity index (χ4v) is 17.3. The molecular weight excluding hydrogens is 704 g/mol. The van der Waals surface area contributed by atoms with Crippen LogP contribution in [0, 0.1) is 0 Å². The molecule has 0 amide bonds. The molecule has 6 aromatic rings. The number of hydrogen-bond acceptors (Lipinski definition) is 0. The van der Waals surface area contributed by atoms with E-state index in [-0.39, 0.29) is 10.8 Å². The molecule has 1 heteroatoms. The molecule has 0 fully saturated rings. The molecule has 0 bridgehead atoms. The van der Waals surface area contributed by atoms with Crippen molar-refractivity contribution in [1.82, 2.24) is 0 Å². The Morgan fingerprint density at radius 3 is 1.37 bits per heavy atom. The summed E-state index contributed by atoms with van der Waals surface area (Å²) >= 11 is -3.03. The third-order valence-corrected chi connectivity index (χ3v) is 19.2. The summed E-state index contributed by atoms with van der Waals surface area (Å²) in [5.41, 5.74) is 17.0. The van der Waals surface area contributed by atoms with E-state index in [2.05, 4.69) is 205 Å². The molecule has 0 aromatic heterocycles. The summed E-state index contributed by atoms with van der Waals surface area (Å²) in [6.07, 6.45) is 3.63. The van der Waals surface area contributed by atoms with Crippen molar-refractivity contribution < 1.29 is 21.3 Å². The Kier molecular flexibility index (Phi) is 9.21. The quantitative estimate of drug-likeness (QED) is 0.159. The number of rotatable bonds is 6. The molecule has 0 atom stereocenters. The molecule has 0 radical (unpaired) electrons. The fourth-order valence-electron chi connectivity index (χ4n) is 8.23. The van der Waals surface area contributed by atoms with E-state index in [1.54, 1.807) is 6.49 Å². The molecule has 0 saturated heterocycles. The van der Waals surface area contributed by atoms with Gasteiger partial charge < -0.3 is 0 Å². The molecule has 0 aliphatic heterocycles. The Morgan fingerprint density at radius 1 is 0.500 bits per heavy atom. The van der Waals surface area contributed by atoms with Crippen molar-refractivity contribution in [1.29, 1.82) is 0 Å². The monoisotopic (exact) mass is 750 g/mol. The Bertz CT molecular complexity index is 2240. The molecule has 0 N–H and O–H groups in total. The van der Waals surface area contributed by atoms with Crippen LogP contribution in [-0.2, 0) is 32.1 Å². The first-order valence-corrected chi connectivity index (χ1v) is 22.6. The van der Waals surface area contributed by atoms with Gasteiger partial charge in [0.15, 0.2) is 0 Å². The third kappa shape index (κ3) is 6.54. The molecular formula is C51H48Zr. The molecule has 52 heavy (non-hydrogen) atoms. The summed E-state index contributed by atoms with van der Waals surface area (Å²) in [7, 11) is 0. The van der Waals surface area contributed by atoms with Gasteiger partial charge in [0.05, 0.1) is 0 Å². The second-order valence-electron chi connectivity index (χ2n) is 16.5. The van der Waals surface area contributed by atoms with E-state index in [1.807, 2.05) is 0 Å². The molecule has 0 spiro atoms. The predicted molar refractivity (Wildman–Crippen MR) is 220 cm³/mol. The van der Waals surface area contributed by atoms with Crippen LogP contribution >= 0.6 is 0 Å². The summed E-state index contributed by atoms with van der Waals surface area (Å²) in [6.45, 7) is 14.1. The molecule has 6 aromatic carbocycles. The Labute approximate surface area is 318 Å². The van der Waals surface area contributed by atoms with Crippen LogP contribution in [0.1, 0.15) is 96.1 Å². The summed E-state index contributed by atoms with van der Waals surface area (Å²) in [6, 6.07) is 59.9. The van der Waals surface area contributed by atoms with Crippen LogP contribution in [0.15, 0.2) is 167 Å². The van der Waals surface area contributed by atoms with E-state index in [4.69, 9.17) is 0 Å². The third-order valence-electron chi connectivity index (χ3n) is 11.0. The first-order chi connectivity index (χ1) is 25.1. The SMILES string of the molecule is CC(C)(C)c1ccc2c(c1)[CH]([Zr]([C]1=CC(c3ccccc3)=C(c3ccccc3)C1)=[C](c1ccccc1)c1ccccc1)c1cc(C(C)(C)C)ccc1-2. The van der Waals surface area contributed by atoms with Crippen molar-refractivity contribution in [2.24, 2.45) is 0 Å². The molecule has 8 rings (SSSR count). The van der Waals surface area contributed by atoms with E-state index in [0.29, 0.717) is 3.63 Å². The normalized spacial score (nSPS) is 14.2. The zero-order chi connectivity index (χ0) is 36.0. The van der Waals surface area contributed by atoms with Crippen LogP contribution in [0.2, 0.25) is 0 Å². The number of allylic oxidation sites excluding steroid dienone is 4. The zero-order valence-electron chi connectivity index (χ0n) is 31.4. The molecule has 0 unspecified atom stereocenters. The van der Waals surface area contributed by atoms with Crippen molar-refractivity contribution in [3.05, 3.63) is 212 Å². The molecule has 0 heterocycles. The van der Waals surface area contributed by atoms with Gasteiger partial charge in [-0.15, -0.1) is 0 Å². The van der Waals surface area contributed by atoms with Crippen molar-refractivity contribution in [2.45, 2.75) is 62.4 Å². The van der Waals surface area contributed by atoms with Gasteiger partial charge in [-0.1, -0.05) is 0 Å². The van der Waals surface area contributed by atoms with Crippen LogP contribution in [0.4, 0.5) is 0 Å². The van der Waals surface area contributed by atoms with Gasteiger partial charge in [-0.3, -0.25) is 0 Å².